The van der Waals surface area contributed by atoms with Gasteiger partial charge >= 0.3 is 0 Å². The second-order valence-corrected chi connectivity index (χ2v) is 4.23. The van der Waals surface area contributed by atoms with E-state index in [1.54, 1.807) is 20.3 Å². The minimum Gasteiger partial charge on any atom is -0.497 e. The molecule has 2 rings (SSSR count). The number of pyridine rings is 1. The number of methoxy groups -OCH3 is 2. The van der Waals surface area contributed by atoms with E-state index in [4.69, 9.17) is 15.2 Å². The van der Waals surface area contributed by atoms with Crippen LogP contribution >= 0.6 is 24.0 Å². The van der Waals surface area contributed by atoms with Gasteiger partial charge in [-0.15, -0.1) is 24.0 Å². The molecule has 0 spiro atoms. The standard InChI is InChI=1S/C15H18N4O2.HI/c1-20-13-7-3-5-11(9-13)19-15(16)17-10-12-6-4-8-14(18-12)21-2;/h3-9H,10H2,1-2H3,(H3,16,17,19);1H. The summed E-state index contributed by atoms with van der Waals surface area (Å²) in [6, 6.07) is 13.0. The summed E-state index contributed by atoms with van der Waals surface area (Å²) in [7, 11) is 3.19. The molecule has 22 heavy (non-hydrogen) atoms. The number of hydrogen-bond donors (Lipinski definition) is 2. The van der Waals surface area contributed by atoms with Crippen LogP contribution in [0.1, 0.15) is 5.69 Å². The summed E-state index contributed by atoms with van der Waals surface area (Å²) in [6.07, 6.45) is 0. The van der Waals surface area contributed by atoms with E-state index in [0.717, 1.165) is 17.1 Å². The zero-order chi connectivity index (χ0) is 15.1. The Kier molecular flexibility index (Phi) is 7.44. The second kappa shape index (κ2) is 9.08. The molecular formula is C15H19IN4O2. The number of ether oxygens (including phenoxy) is 2. The average Bonchev–Trinajstić information content (AvgIpc) is 2.53. The van der Waals surface area contributed by atoms with Crippen molar-refractivity contribution in [1.82, 2.24) is 4.98 Å². The Labute approximate surface area is 146 Å². The Morgan fingerprint density at radius 3 is 2.68 bits per heavy atom. The molecule has 0 radical (unpaired) electrons. The molecule has 0 fully saturated rings. The van der Waals surface area contributed by atoms with Crippen molar-refractivity contribution in [2.45, 2.75) is 6.54 Å². The van der Waals surface area contributed by atoms with Crippen LogP contribution in [0.25, 0.3) is 0 Å². The number of nitrogens with two attached hydrogens (primary N) is 1. The van der Waals surface area contributed by atoms with Gasteiger partial charge in [0.25, 0.3) is 0 Å². The number of rotatable bonds is 5. The Hall–Kier alpha value is -2.03. The van der Waals surface area contributed by atoms with E-state index in [9.17, 15) is 0 Å². The predicted octanol–water partition coefficient (Wildman–Crippen LogP) is 2.64. The summed E-state index contributed by atoms with van der Waals surface area (Å²) < 4.78 is 10.2. The van der Waals surface area contributed by atoms with Crippen LogP contribution in [0.3, 0.4) is 0 Å². The molecular weight excluding hydrogens is 395 g/mol. The van der Waals surface area contributed by atoms with E-state index >= 15 is 0 Å². The highest BCUT2D eigenvalue weighted by Crippen LogP contribution is 2.16. The first-order valence-corrected chi connectivity index (χ1v) is 6.42. The van der Waals surface area contributed by atoms with Gasteiger partial charge in [-0.25, -0.2) is 9.98 Å². The van der Waals surface area contributed by atoms with Crippen LogP contribution in [-0.2, 0) is 6.54 Å². The number of halogens is 1. The van der Waals surface area contributed by atoms with E-state index < -0.39 is 0 Å². The fourth-order valence-corrected chi connectivity index (χ4v) is 1.71. The van der Waals surface area contributed by atoms with Gasteiger partial charge in [0, 0.05) is 17.8 Å². The molecule has 0 aliphatic heterocycles. The highest BCUT2D eigenvalue weighted by atomic mass is 127. The lowest BCUT2D eigenvalue weighted by atomic mass is 10.3. The van der Waals surface area contributed by atoms with Crippen molar-refractivity contribution in [3.63, 3.8) is 0 Å². The monoisotopic (exact) mass is 414 g/mol. The molecule has 0 atom stereocenters. The van der Waals surface area contributed by atoms with Crippen molar-refractivity contribution >= 4 is 35.6 Å². The first-order chi connectivity index (χ1) is 10.2. The maximum atomic E-state index is 5.85. The molecule has 3 N–H and O–H groups in total. The molecule has 0 saturated carbocycles. The molecule has 7 heteroatoms. The summed E-state index contributed by atoms with van der Waals surface area (Å²) in [5, 5.41) is 3.00. The van der Waals surface area contributed by atoms with E-state index in [1.165, 1.54) is 0 Å². The Balaban J connectivity index is 0.00000242. The lowest BCUT2D eigenvalue weighted by Gasteiger charge is -2.07. The summed E-state index contributed by atoms with van der Waals surface area (Å²) >= 11 is 0. The van der Waals surface area contributed by atoms with E-state index in [-0.39, 0.29) is 24.0 Å². The van der Waals surface area contributed by atoms with Gasteiger partial charge in [0.15, 0.2) is 5.96 Å². The van der Waals surface area contributed by atoms with E-state index in [0.29, 0.717) is 18.4 Å². The average molecular weight is 414 g/mol. The highest BCUT2D eigenvalue weighted by molar-refractivity contribution is 14.0. The summed E-state index contributed by atoms with van der Waals surface area (Å²) in [5.74, 6) is 1.62. The van der Waals surface area contributed by atoms with Crippen LogP contribution in [-0.4, -0.2) is 25.2 Å². The fourth-order valence-electron chi connectivity index (χ4n) is 1.71. The third kappa shape index (κ3) is 5.40. The normalized spacial score (nSPS) is 10.5. The zero-order valence-corrected chi connectivity index (χ0v) is 14.8. The molecule has 0 unspecified atom stereocenters. The third-order valence-corrected chi connectivity index (χ3v) is 2.74. The molecule has 6 nitrogen and oxygen atoms in total. The number of aromatic nitrogens is 1. The molecule has 1 aromatic heterocycles. The van der Waals surface area contributed by atoms with Gasteiger partial charge in [-0.1, -0.05) is 12.1 Å². The number of anilines is 1. The topological polar surface area (TPSA) is 81.8 Å². The Morgan fingerprint density at radius 2 is 1.95 bits per heavy atom. The van der Waals surface area contributed by atoms with Crippen LogP contribution < -0.4 is 20.5 Å². The fraction of sp³-hybridized carbons (Fsp3) is 0.200. The van der Waals surface area contributed by atoms with Gasteiger partial charge in [0.1, 0.15) is 5.75 Å². The number of nitrogens with zero attached hydrogens (tertiary/aromatic N) is 2. The van der Waals surface area contributed by atoms with Gasteiger partial charge in [-0.2, -0.15) is 0 Å². The smallest absolute Gasteiger partial charge is 0.213 e. The predicted molar refractivity (Wildman–Crippen MR) is 98.1 cm³/mol. The molecule has 0 bridgehead atoms. The summed E-state index contributed by atoms with van der Waals surface area (Å²) in [4.78, 5) is 8.51. The van der Waals surface area contributed by atoms with Crippen LogP contribution in [0.4, 0.5) is 5.69 Å². The van der Waals surface area contributed by atoms with E-state index in [2.05, 4.69) is 15.3 Å². The van der Waals surface area contributed by atoms with Crippen molar-refractivity contribution in [2.75, 3.05) is 19.5 Å². The number of nitrogens with one attached hydrogen (secondary N) is 1. The first-order valence-electron chi connectivity index (χ1n) is 6.42. The molecule has 0 amide bonds. The number of benzene rings is 1. The summed E-state index contributed by atoms with van der Waals surface area (Å²) in [5.41, 5.74) is 7.45. The molecule has 0 saturated heterocycles. The Bertz CT molecular complexity index is 634. The van der Waals surface area contributed by atoms with Gasteiger partial charge in [-0.05, 0) is 18.2 Å². The minimum absolute atomic E-state index is 0. The quantitative estimate of drug-likeness (QED) is 0.447. The van der Waals surface area contributed by atoms with Gasteiger partial charge < -0.3 is 20.5 Å². The van der Waals surface area contributed by atoms with Gasteiger partial charge in [-0.3, -0.25) is 0 Å². The van der Waals surface area contributed by atoms with Crippen molar-refractivity contribution in [3.8, 4) is 11.6 Å². The SMILES string of the molecule is COc1cccc(NC(N)=NCc2cccc(OC)n2)c1.I. The van der Waals surface area contributed by atoms with Crippen LogP contribution in [0.15, 0.2) is 47.5 Å². The van der Waals surface area contributed by atoms with Gasteiger partial charge in [0.05, 0.1) is 26.5 Å². The molecule has 1 aromatic carbocycles. The number of guanidine groups is 1. The zero-order valence-electron chi connectivity index (χ0n) is 12.4. The second-order valence-electron chi connectivity index (χ2n) is 4.23. The van der Waals surface area contributed by atoms with Crippen molar-refractivity contribution in [1.29, 1.82) is 0 Å². The lowest BCUT2D eigenvalue weighted by molar-refractivity contribution is 0.396. The minimum atomic E-state index is 0. The van der Waals surface area contributed by atoms with Gasteiger partial charge in [0.2, 0.25) is 5.88 Å². The molecule has 2 aromatic rings. The van der Waals surface area contributed by atoms with Crippen LogP contribution in [0.2, 0.25) is 0 Å². The van der Waals surface area contributed by atoms with Crippen molar-refractivity contribution in [3.05, 3.63) is 48.2 Å². The largest absolute Gasteiger partial charge is 0.497 e. The van der Waals surface area contributed by atoms with Crippen LogP contribution in [0.5, 0.6) is 11.6 Å². The Morgan fingerprint density at radius 1 is 1.18 bits per heavy atom. The number of hydrogen-bond acceptors (Lipinski definition) is 4. The number of aliphatic imine (C=N–C) groups is 1. The third-order valence-electron chi connectivity index (χ3n) is 2.74. The molecule has 118 valence electrons. The maximum Gasteiger partial charge on any atom is 0.213 e. The lowest BCUT2D eigenvalue weighted by Crippen LogP contribution is -2.22. The maximum absolute atomic E-state index is 5.85. The summed E-state index contributed by atoms with van der Waals surface area (Å²) in [6.45, 7) is 0.375. The highest BCUT2D eigenvalue weighted by Gasteiger charge is 1.99. The van der Waals surface area contributed by atoms with Crippen molar-refractivity contribution in [2.24, 2.45) is 10.7 Å². The first kappa shape index (κ1) is 18.0. The van der Waals surface area contributed by atoms with Crippen LogP contribution in [0, 0.1) is 0 Å². The van der Waals surface area contributed by atoms with E-state index in [1.807, 2.05) is 36.4 Å². The molecule has 0 aliphatic rings. The molecule has 1 heterocycles. The van der Waals surface area contributed by atoms with Crippen molar-refractivity contribution < 1.29 is 9.47 Å². The molecule has 0 aliphatic carbocycles.